The van der Waals surface area contributed by atoms with Gasteiger partial charge < -0.3 is 9.64 Å². The summed E-state index contributed by atoms with van der Waals surface area (Å²) in [6.45, 7) is 15.1. The highest BCUT2D eigenvalue weighted by molar-refractivity contribution is 4.61. The molecule has 86 valence electrons. The Morgan fingerprint density at radius 2 is 1.43 bits per heavy atom. The number of hydrogen-bond acceptors (Lipinski definition) is 2. The van der Waals surface area contributed by atoms with Crippen molar-refractivity contribution in [3.8, 4) is 0 Å². The average Bonchev–Trinajstić information content (AvgIpc) is 2.02. The van der Waals surface area contributed by atoms with E-state index in [1.54, 1.807) is 0 Å². The van der Waals surface area contributed by atoms with Gasteiger partial charge in [0.1, 0.15) is 0 Å². The lowest BCUT2D eigenvalue weighted by Crippen LogP contribution is -2.32. The summed E-state index contributed by atoms with van der Waals surface area (Å²) in [4.78, 5) is 2.48. The quantitative estimate of drug-likeness (QED) is 0.628. The highest BCUT2D eigenvalue weighted by atomic mass is 16.5. The van der Waals surface area contributed by atoms with Crippen molar-refractivity contribution in [2.45, 2.75) is 53.1 Å². The summed E-state index contributed by atoms with van der Waals surface area (Å²) < 4.78 is 5.71. The summed E-state index contributed by atoms with van der Waals surface area (Å²) in [6.07, 6.45) is 2.46. The molecule has 0 saturated carbocycles. The van der Waals surface area contributed by atoms with Gasteiger partial charge in [-0.2, -0.15) is 0 Å². The number of rotatable bonds is 7. The molecule has 14 heavy (non-hydrogen) atoms. The molecule has 0 saturated heterocycles. The highest BCUT2D eigenvalue weighted by Crippen LogP contribution is 2.06. The first kappa shape index (κ1) is 13.9. The molecule has 2 nitrogen and oxygen atoms in total. The fourth-order valence-corrected chi connectivity index (χ4v) is 1.45. The van der Waals surface area contributed by atoms with Gasteiger partial charge in [-0.1, -0.05) is 13.8 Å². The van der Waals surface area contributed by atoms with Gasteiger partial charge in [0.25, 0.3) is 0 Å². The van der Waals surface area contributed by atoms with Gasteiger partial charge in [-0.3, -0.25) is 0 Å². The monoisotopic (exact) mass is 201 g/mol. The minimum absolute atomic E-state index is 0.00407. The van der Waals surface area contributed by atoms with Gasteiger partial charge in [-0.05, 0) is 46.7 Å². The van der Waals surface area contributed by atoms with Gasteiger partial charge in [0, 0.05) is 6.54 Å². The topological polar surface area (TPSA) is 12.5 Å². The Morgan fingerprint density at radius 3 is 1.79 bits per heavy atom. The van der Waals surface area contributed by atoms with Crippen LogP contribution in [0.5, 0.6) is 0 Å². The molecule has 0 atom stereocenters. The van der Waals surface area contributed by atoms with E-state index >= 15 is 0 Å². The van der Waals surface area contributed by atoms with E-state index in [2.05, 4.69) is 39.5 Å². The molecule has 0 unspecified atom stereocenters. The van der Waals surface area contributed by atoms with Crippen molar-refractivity contribution in [3.63, 3.8) is 0 Å². The van der Waals surface area contributed by atoms with Crippen molar-refractivity contribution in [2.75, 3.05) is 26.2 Å². The Labute approximate surface area is 89.6 Å². The van der Waals surface area contributed by atoms with Crippen molar-refractivity contribution < 1.29 is 4.74 Å². The zero-order chi connectivity index (χ0) is 11.0. The molecule has 0 aromatic heterocycles. The molecule has 0 bridgehead atoms. The second kappa shape index (κ2) is 7.24. The third kappa shape index (κ3) is 8.52. The first-order valence-electron chi connectivity index (χ1n) is 5.86. The second-order valence-corrected chi connectivity index (χ2v) is 4.80. The number of nitrogens with zero attached hydrogens (tertiary/aromatic N) is 1. The molecule has 0 aliphatic carbocycles. The van der Waals surface area contributed by atoms with Gasteiger partial charge in [-0.15, -0.1) is 0 Å². The molecular weight excluding hydrogens is 174 g/mol. The fourth-order valence-electron chi connectivity index (χ4n) is 1.45. The zero-order valence-corrected chi connectivity index (χ0v) is 10.6. The van der Waals surface area contributed by atoms with Crippen LogP contribution in [0.2, 0.25) is 0 Å². The van der Waals surface area contributed by atoms with Crippen molar-refractivity contribution >= 4 is 0 Å². The van der Waals surface area contributed by atoms with E-state index in [4.69, 9.17) is 4.74 Å². The van der Waals surface area contributed by atoms with E-state index < -0.39 is 0 Å². The fraction of sp³-hybridized carbons (Fsp3) is 1.00. The number of hydrogen-bond donors (Lipinski definition) is 0. The van der Waals surface area contributed by atoms with Crippen LogP contribution in [0.4, 0.5) is 0 Å². The molecule has 0 aromatic rings. The van der Waals surface area contributed by atoms with Crippen molar-refractivity contribution in [1.29, 1.82) is 0 Å². The van der Waals surface area contributed by atoms with Crippen LogP contribution in [-0.2, 0) is 4.74 Å². The van der Waals surface area contributed by atoms with Crippen LogP contribution in [0.1, 0.15) is 47.5 Å². The first-order chi connectivity index (χ1) is 6.49. The van der Waals surface area contributed by atoms with Crippen molar-refractivity contribution in [3.05, 3.63) is 0 Å². The largest absolute Gasteiger partial charge is 0.375 e. The summed E-state index contributed by atoms with van der Waals surface area (Å²) in [6, 6.07) is 0. The Balaban J connectivity index is 3.60. The molecule has 0 N–H and O–H groups in total. The third-order valence-corrected chi connectivity index (χ3v) is 2.02. The SMILES string of the molecule is CCCN(CCC)CCOC(C)(C)C. The van der Waals surface area contributed by atoms with Crippen LogP contribution in [0.25, 0.3) is 0 Å². The molecule has 0 fully saturated rings. The van der Waals surface area contributed by atoms with E-state index in [0.29, 0.717) is 0 Å². The molecule has 0 radical (unpaired) electrons. The Hall–Kier alpha value is -0.0800. The van der Waals surface area contributed by atoms with Gasteiger partial charge in [0.05, 0.1) is 12.2 Å². The van der Waals surface area contributed by atoms with Crippen molar-refractivity contribution in [2.24, 2.45) is 0 Å². The molecule has 0 aromatic carbocycles. The van der Waals surface area contributed by atoms with Crippen molar-refractivity contribution in [1.82, 2.24) is 4.90 Å². The summed E-state index contributed by atoms with van der Waals surface area (Å²) in [5.74, 6) is 0. The Bertz CT molecular complexity index is 123. The van der Waals surface area contributed by atoms with Crippen LogP contribution >= 0.6 is 0 Å². The molecular formula is C12H27NO. The van der Waals surface area contributed by atoms with E-state index in [-0.39, 0.29) is 5.60 Å². The Kier molecular flexibility index (Phi) is 7.20. The lowest BCUT2D eigenvalue weighted by Gasteiger charge is -2.24. The Morgan fingerprint density at radius 1 is 0.929 bits per heavy atom. The summed E-state index contributed by atoms with van der Waals surface area (Å²) in [7, 11) is 0. The molecule has 0 rings (SSSR count). The van der Waals surface area contributed by atoms with Crippen LogP contribution in [0.3, 0.4) is 0 Å². The minimum atomic E-state index is 0.00407. The van der Waals surface area contributed by atoms with Crippen LogP contribution in [0.15, 0.2) is 0 Å². The molecule has 0 aliphatic rings. The first-order valence-corrected chi connectivity index (χ1v) is 5.86. The molecule has 0 aliphatic heterocycles. The lowest BCUT2D eigenvalue weighted by molar-refractivity contribution is -0.0130. The maximum absolute atomic E-state index is 5.71. The minimum Gasteiger partial charge on any atom is -0.375 e. The lowest BCUT2D eigenvalue weighted by atomic mass is 10.2. The summed E-state index contributed by atoms with van der Waals surface area (Å²) >= 11 is 0. The number of ether oxygens (including phenoxy) is 1. The van der Waals surface area contributed by atoms with Gasteiger partial charge in [0.15, 0.2) is 0 Å². The summed E-state index contributed by atoms with van der Waals surface area (Å²) in [5, 5.41) is 0. The van der Waals surface area contributed by atoms with Gasteiger partial charge in [0.2, 0.25) is 0 Å². The molecule has 0 spiro atoms. The maximum atomic E-state index is 5.71. The highest BCUT2D eigenvalue weighted by Gasteiger charge is 2.10. The maximum Gasteiger partial charge on any atom is 0.0600 e. The van der Waals surface area contributed by atoms with E-state index in [0.717, 1.165) is 13.2 Å². The standard InChI is InChI=1S/C12H27NO/c1-6-8-13(9-7-2)10-11-14-12(3,4)5/h6-11H2,1-5H3. The predicted octanol–water partition coefficient (Wildman–Crippen LogP) is 2.92. The smallest absolute Gasteiger partial charge is 0.0600 e. The van der Waals surface area contributed by atoms with E-state index in [1.807, 2.05) is 0 Å². The third-order valence-electron chi connectivity index (χ3n) is 2.02. The van der Waals surface area contributed by atoms with Crippen LogP contribution < -0.4 is 0 Å². The molecule has 2 heteroatoms. The average molecular weight is 201 g/mol. The van der Waals surface area contributed by atoms with E-state index in [9.17, 15) is 0 Å². The normalized spacial score (nSPS) is 12.4. The van der Waals surface area contributed by atoms with Crippen LogP contribution in [-0.4, -0.2) is 36.7 Å². The zero-order valence-electron chi connectivity index (χ0n) is 10.6. The van der Waals surface area contributed by atoms with Crippen LogP contribution in [0, 0.1) is 0 Å². The van der Waals surface area contributed by atoms with E-state index in [1.165, 1.54) is 25.9 Å². The molecule has 0 heterocycles. The second-order valence-electron chi connectivity index (χ2n) is 4.80. The van der Waals surface area contributed by atoms with Gasteiger partial charge >= 0.3 is 0 Å². The summed E-state index contributed by atoms with van der Waals surface area (Å²) in [5.41, 5.74) is 0.00407. The van der Waals surface area contributed by atoms with Gasteiger partial charge in [-0.25, -0.2) is 0 Å². The predicted molar refractivity (Wildman–Crippen MR) is 62.7 cm³/mol. The molecule has 0 amide bonds.